The van der Waals surface area contributed by atoms with Gasteiger partial charge in [-0.25, -0.2) is 0 Å². The lowest BCUT2D eigenvalue weighted by Gasteiger charge is -2.62. The molecule has 4 fully saturated rings. The van der Waals surface area contributed by atoms with Crippen LogP contribution in [0.5, 0.6) is 0 Å². The molecule has 4 aliphatic carbocycles. The zero-order valence-electron chi connectivity index (χ0n) is 19.3. The minimum atomic E-state index is -0.151. The summed E-state index contributed by atoms with van der Waals surface area (Å²) in [5.41, 5.74) is 1.43. The van der Waals surface area contributed by atoms with Crippen LogP contribution in [0.4, 0.5) is 0 Å². The molecule has 0 bridgehead atoms. The van der Waals surface area contributed by atoms with Crippen LogP contribution in [-0.2, 0) is 11.3 Å². The number of aromatic nitrogens is 2. The first kappa shape index (κ1) is 21.6. The van der Waals surface area contributed by atoms with Gasteiger partial charge in [0, 0.05) is 18.7 Å². The number of nitrogens with zero attached hydrogens (tertiary/aromatic N) is 2. The van der Waals surface area contributed by atoms with Crippen molar-refractivity contribution in [3.05, 3.63) is 18.0 Å². The molecule has 172 valence electrons. The maximum Gasteiger partial charge on any atom is 0.157 e. The number of rotatable bonds is 5. The van der Waals surface area contributed by atoms with Gasteiger partial charge in [0.05, 0.1) is 18.8 Å². The number of hydrogen-bond donors (Lipinski definition) is 2. The Morgan fingerprint density at radius 1 is 1.16 bits per heavy atom. The number of fused-ring (bicyclic) bond motifs is 5. The molecular formula is C26H40N2O3. The van der Waals surface area contributed by atoms with Gasteiger partial charge in [-0.05, 0) is 111 Å². The highest BCUT2D eigenvalue weighted by Gasteiger charge is 2.62. The van der Waals surface area contributed by atoms with Crippen LogP contribution in [0, 0.1) is 47.3 Å². The summed E-state index contributed by atoms with van der Waals surface area (Å²) in [6.07, 6.45) is 14.4. The van der Waals surface area contributed by atoms with Crippen LogP contribution >= 0.6 is 0 Å². The Hall–Kier alpha value is -1.20. The zero-order chi connectivity index (χ0) is 21.8. The lowest BCUT2D eigenvalue weighted by Crippen LogP contribution is -2.55. The summed E-state index contributed by atoms with van der Waals surface area (Å²) in [7, 11) is 0. The van der Waals surface area contributed by atoms with Crippen LogP contribution in [0.3, 0.4) is 0 Å². The summed E-state index contributed by atoms with van der Waals surface area (Å²) in [5.74, 6) is 3.06. The second-order valence-corrected chi connectivity index (χ2v) is 11.6. The summed E-state index contributed by atoms with van der Waals surface area (Å²) < 4.78 is 1.81. The molecule has 0 amide bonds. The van der Waals surface area contributed by atoms with E-state index in [-0.39, 0.29) is 29.5 Å². The van der Waals surface area contributed by atoms with Crippen molar-refractivity contribution in [3.63, 3.8) is 0 Å². The first-order valence-corrected chi connectivity index (χ1v) is 12.7. The number of ketones is 1. The van der Waals surface area contributed by atoms with Crippen LogP contribution in [0.25, 0.3) is 0 Å². The van der Waals surface area contributed by atoms with Gasteiger partial charge in [0.1, 0.15) is 0 Å². The van der Waals surface area contributed by atoms with E-state index in [1.54, 1.807) is 0 Å². The van der Waals surface area contributed by atoms with E-state index in [1.165, 1.54) is 25.7 Å². The molecule has 1 aromatic rings. The number of aryl methyl sites for hydroxylation is 1. The van der Waals surface area contributed by atoms with Gasteiger partial charge in [-0.15, -0.1) is 0 Å². The van der Waals surface area contributed by atoms with E-state index >= 15 is 0 Å². The molecule has 4 aliphatic rings. The topological polar surface area (TPSA) is 75.4 Å². The first-order chi connectivity index (χ1) is 14.9. The fourth-order valence-electron chi connectivity index (χ4n) is 9.09. The third kappa shape index (κ3) is 3.42. The molecule has 31 heavy (non-hydrogen) atoms. The predicted molar refractivity (Wildman–Crippen MR) is 119 cm³/mol. The second-order valence-electron chi connectivity index (χ2n) is 11.6. The SMILES string of the molecule is Cc1cnn(CC(=O)[C@H]2CC[C@H]3[C@@H]4CC[C@H]5C[C@H](O)CC[C@]5(CCO)[C@H]4CC[C@]23C)c1. The molecule has 5 heteroatoms. The average Bonchev–Trinajstić information content (AvgIpc) is 3.30. The minimum absolute atomic E-state index is 0.113. The Morgan fingerprint density at radius 3 is 2.74 bits per heavy atom. The third-order valence-electron chi connectivity index (χ3n) is 10.4. The van der Waals surface area contributed by atoms with E-state index in [1.807, 2.05) is 24.0 Å². The van der Waals surface area contributed by atoms with Gasteiger partial charge >= 0.3 is 0 Å². The van der Waals surface area contributed by atoms with Crippen molar-refractivity contribution in [3.8, 4) is 0 Å². The van der Waals surface area contributed by atoms with Crippen molar-refractivity contribution in [1.82, 2.24) is 9.78 Å². The molecule has 0 aliphatic heterocycles. The van der Waals surface area contributed by atoms with E-state index in [9.17, 15) is 15.0 Å². The minimum Gasteiger partial charge on any atom is -0.396 e. The van der Waals surface area contributed by atoms with E-state index < -0.39 is 0 Å². The number of aliphatic hydroxyl groups is 2. The largest absolute Gasteiger partial charge is 0.396 e. The molecule has 5 nitrogen and oxygen atoms in total. The molecule has 0 spiro atoms. The Balaban J connectivity index is 1.37. The smallest absolute Gasteiger partial charge is 0.157 e. The maximum absolute atomic E-state index is 13.4. The van der Waals surface area contributed by atoms with Crippen molar-refractivity contribution >= 4 is 5.78 Å². The second kappa shape index (κ2) is 7.98. The normalized spacial score (nSPS) is 44.4. The highest BCUT2D eigenvalue weighted by atomic mass is 16.3. The molecule has 4 saturated carbocycles. The van der Waals surface area contributed by atoms with Crippen LogP contribution in [0.1, 0.15) is 76.7 Å². The Kier molecular flexibility index (Phi) is 5.57. The number of Topliss-reactive ketones (excluding diaryl/α,β-unsaturated/α-hetero) is 1. The molecule has 5 rings (SSSR count). The molecule has 0 aromatic carbocycles. The highest BCUT2D eigenvalue weighted by molar-refractivity contribution is 5.82. The zero-order valence-corrected chi connectivity index (χ0v) is 19.3. The van der Waals surface area contributed by atoms with Crippen LogP contribution < -0.4 is 0 Å². The monoisotopic (exact) mass is 428 g/mol. The van der Waals surface area contributed by atoms with Crippen LogP contribution in [0.15, 0.2) is 12.4 Å². The van der Waals surface area contributed by atoms with Crippen molar-refractivity contribution in [2.24, 2.45) is 40.4 Å². The number of aliphatic hydroxyl groups excluding tert-OH is 2. The molecule has 2 N–H and O–H groups in total. The standard InChI is InChI=1S/C26H40N2O3/c1-17-14-27-28(15-17)16-24(31)23-6-5-21-20-4-3-18-13-19(30)7-10-26(18,11-12-29)22(20)8-9-25(21,23)2/h14-15,18-23,29-30H,3-13,16H2,1-2H3/t18-,19+,20-,21-,22-,23+,25-,26+/m0/s1. The van der Waals surface area contributed by atoms with Crippen LogP contribution in [-0.4, -0.2) is 38.5 Å². The molecule has 0 saturated heterocycles. The summed E-state index contributed by atoms with van der Waals surface area (Å²) in [6, 6.07) is 0. The molecule has 0 unspecified atom stereocenters. The van der Waals surface area contributed by atoms with E-state index in [0.717, 1.165) is 44.1 Å². The van der Waals surface area contributed by atoms with Gasteiger partial charge in [0.25, 0.3) is 0 Å². The molecule has 1 aromatic heterocycles. The summed E-state index contributed by atoms with van der Waals surface area (Å²) in [6.45, 7) is 5.10. The van der Waals surface area contributed by atoms with Crippen molar-refractivity contribution in [2.75, 3.05) is 6.61 Å². The van der Waals surface area contributed by atoms with Gasteiger partial charge in [0.15, 0.2) is 5.78 Å². The van der Waals surface area contributed by atoms with Gasteiger partial charge in [-0.1, -0.05) is 6.92 Å². The summed E-state index contributed by atoms with van der Waals surface area (Å²) in [4.78, 5) is 13.4. The fourth-order valence-corrected chi connectivity index (χ4v) is 9.09. The van der Waals surface area contributed by atoms with E-state index in [2.05, 4.69) is 12.0 Å². The first-order valence-electron chi connectivity index (χ1n) is 12.7. The molecule has 0 radical (unpaired) electrons. The highest BCUT2D eigenvalue weighted by Crippen LogP contribution is 2.68. The summed E-state index contributed by atoms with van der Waals surface area (Å²) in [5, 5.41) is 24.7. The summed E-state index contributed by atoms with van der Waals surface area (Å²) >= 11 is 0. The Labute approximate surface area is 186 Å². The van der Waals surface area contributed by atoms with Crippen LogP contribution in [0.2, 0.25) is 0 Å². The van der Waals surface area contributed by atoms with Gasteiger partial charge in [-0.2, -0.15) is 5.10 Å². The van der Waals surface area contributed by atoms with Gasteiger partial charge in [0.2, 0.25) is 0 Å². The molecule has 1 heterocycles. The quantitative estimate of drug-likeness (QED) is 0.739. The average molecular weight is 429 g/mol. The van der Waals surface area contributed by atoms with E-state index in [4.69, 9.17) is 0 Å². The number of hydrogen-bond acceptors (Lipinski definition) is 4. The van der Waals surface area contributed by atoms with Gasteiger partial charge in [-0.3, -0.25) is 9.48 Å². The number of carbonyl (C=O) groups is 1. The van der Waals surface area contributed by atoms with Crippen molar-refractivity contribution < 1.29 is 15.0 Å². The van der Waals surface area contributed by atoms with Gasteiger partial charge < -0.3 is 10.2 Å². The Morgan fingerprint density at radius 2 is 2.00 bits per heavy atom. The molecular weight excluding hydrogens is 388 g/mol. The fraction of sp³-hybridized carbons (Fsp3) is 0.846. The lowest BCUT2D eigenvalue weighted by molar-refractivity contribution is -0.149. The maximum atomic E-state index is 13.4. The molecule has 8 atom stereocenters. The lowest BCUT2D eigenvalue weighted by atomic mass is 9.43. The third-order valence-corrected chi connectivity index (χ3v) is 10.4. The van der Waals surface area contributed by atoms with E-state index in [0.29, 0.717) is 36.0 Å². The Bertz CT molecular complexity index is 821. The number of carbonyl (C=O) groups excluding carboxylic acids is 1. The van der Waals surface area contributed by atoms with Crippen molar-refractivity contribution in [1.29, 1.82) is 0 Å². The predicted octanol–water partition coefficient (Wildman–Crippen LogP) is 4.14. The van der Waals surface area contributed by atoms with Crippen molar-refractivity contribution in [2.45, 2.75) is 90.7 Å².